The molecule has 2 heteroatoms. The molecule has 0 spiro atoms. The number of hydrogen-bond acceptors (Lipinski definition) is 2. The minimum Gasteiger partial charge on any atom is -0.356 e. The van der Waals surface area contributed by atoms with Crippen molar-refractivity contribution in [2.75, 3.05) is 6.61 Å². The molecule has 2 aliphatic heterocycles. The van der Waals surface area contributed by atoms with Gasteiger partial charge in [-0.2, -0.15) is 0 Å². The average Bonchev–Trinajstić information content (AvgIpc) is 2.32. The Hall–Kier alpha value is -0.500. The van der Waals surface area contributed by atoms with Crippen LogP contribution < -0.4 is 0 Å². The monoisotopic (exact) mass is 167 g/mol. The predicted molar refractivity (Wildman–Crippen MR) is 48.6 cm³/mol. The van der Waals surface area contributed by atoms with Gasteiger partial charge in [0.15, 0.2) is 0 Å². The second kappa shape index (κ2) is 2.49. The van der Waals surface area contributed by atoms with Crippen LogP contribution in [0.15, 0.2) is 12.3 Å². The molecule has 0 aromatic heterocycles. The number of hydrogen-bond donors (Lipinski definition) is 0. The van der Waals surface area contributed by atoms with Gasteiger partial charge >= 0.3 is 0 Å². The molecule has 1 unspecified atom stereocenters. The van der Waals surface area contributed by atoms with Gasteiger partial charge in [0, 0.05) is 11.7 Å². The van der Waals surface area contributed by atoms with Crippen molar-refractivity contribution < 1.29 is 4.74 Å². The van der Waals surface area contributed by atoms with Crippen LogP contribution in [0.1, 0.15) is 33.1 Å². The number of allylic oxidation sites excluding steroid dienone is 1. The van der Waals surface area contributed by atoms with Gasteiger partial charge in [-0.3, -0.25) is 0 Å². The number of rotatable bonds is 0. The summed E-state index contributed by atoms with van der Waals surface area (Å²) in [6, 6.07) is 0.696. The molecule has 0 saturated carbocycles. The zero-order valence-corrected chi connectivity index (χ0v) is 7.97. The van der Waals surface area contributed by atoms with Gasteiger partial charge in [-0.15, -0.1) is 0 Å². The third kappa shape index (κ3) is 1.06. The molecule has 0 aliphatic carbocycles. The van der Waals surface area contributed by atoms with Gasteiger partial charge in [0.25, 0.3) is 0 Å². The summed E-state index contributed by atoms with van der Waals surface area (Å²) in [5, 5.41) is 0. The number of fused-ring (bicyclic) bond motifs is 1. The fourth-order valence-corrected chi connectivity index (χ4v) is 2.45. The molecule has 2 heterocycles. The molecule has 68 valence electrons. The molecule has 2 rings (SSSR count). The molecule has 0 radical (unpaired) electrons. The number of nitrogens with zero attached hydrogens (tertiary/aromatic N) is 1. The van der Waals surface area contributed by atoms with Crippen LogP contribution in [0.2, 0.25) is 0 Å². The first-order valence-electron chi connectivity index (χ1n) is 4.72. The molecule has 2 fully saturated rings. The lowest BCUT2D eigenvalue weighted by molar-refractivity contribution is -0.160. The quantitative estimate of drug-likeness (QED) is 0.548. The summed E-state index contributed by atoms with van der Waals surface area (Å²) in [7, 11) is 0. The first-order valence-corrected chi connectivity index (χ1v) is 4.72. The highest BCUT2D eigenvalue weighted by Crippen LogP contribution is 2.38. The van der Waals surface area contributed by atoms with E-state index in [9.17, 15) is 0 Å². The molecule has 2 aliphatic rings. The Bertz CT molecular complexity index is 210. The smallest absolute Gasteiger partial charge is 0.135 e. The Morgan fingerprint density at radius 3 is 2.92 bits per heavy atom. The fraction of sp³-hybridized carbons (Fsp3) is 0.800. The average molecular weight is 167 g/mol. The predicted octanol–water partition coefficient (Wildman–Crippen LogP) is 2.12. The summed E-state index contributed by atoms with van der Waals surface area (Å²) >= 11 is 0. The first-order chi connectivity index (χ1) is 5.61. The van der Waals surface area contributed by atoms with Crippen molar-refractivity contribution in [2.45, 2.75) is 44.9 Å². The minimum atomic E-state index is -0.115. The molecule has 0 aromatic carbocycles. The number of ether oxygens (including phenoxy) is 1. The molecule has 12 heavy (non-hydrogen) atoms. The van der Waals surface area contributed by atoms with E-state index in [0.717, 1.165) is 13.0 Å². The fourth-order valence-electron chi connectivity index (χ4n) is 2.45. The van der Waals surface area contributed by atoms with E-state index in [1.165, 1.54) is 18.5 Å². The van der Waals surface area contributed by atoms with E-state index in [1.54, 1.807) is 0 Å². The zero-order chi connectivity index (χ0) is 8.77. The molecule has 0 amide bonds. The van der Waals surface area contributed by atoms with Gasteiger partial charge in [-0.05, 0) is 33.1 Å². The van der Waals surface area contributed by atoms with E-state index >= 15 is 0 Å². The van der Waals surface area contributed by atoms with Crippen molar-refractivity contribution >= 4 is 0 Å². The third-order valence-corrected chi connectivity index (χ3v) is 2.96. The summed E-state index contributed by atoms with van der Waals surface area (Å²) in [6.45, 7) is 9.25. The second-order valence-corrected chi connectivity index (χ2v) is 4.21. The normalized spacial score (nSPS) is 33.7. The van der Waals surface area contributed by atoms with Crippen LogP contribution in [0, 0.1) is 0 Å². The SMILES string of the molecule is C=C1CCC2CCOC(C)(C)N12. The molecule has 2 saturated heterocycles. The molecule has 0 N–H and O–H groups in total. The van der Waals surface area contributed by atoms with Gasteiger partial charge in [-0.1, -0.05) is 6.58 Å². The van der Waals surface area contributed by atoms with E-state index < -0.39 is 0 Å². The van der Waals surface area contributed by atoms with Crippen molar-refractivity contribution in [1.29, 1.82) is 0 Å². The van der Waals surface area contributed by atoms with Crippen LogP contribution >= 0.6 is 0 Å². The summed E-state index contributed by atoms with van der Waals surface area (Å²) < 4.78 is 5.71. The van der Waals surface area contributed by atoms with E-state index in [2.05, 4.69) is 25.3 Å². The lowest BCUT2D eigenvalue weighted by Crippen LogP contribution is -2.51. The Kier molecular flexibility index (Phi) is 1.69. The highest BCUT2D eigenvalue weighted by atomic mass is 16.5. The first kappa shape index (κ1) is 8.11. The van der Waals surface area contributed by atoms with Gasteiger partial charge in [0.05, 0.1) is 6.61 Å². The van der Waals surface area contributed by atoms with Gasteiger partial charge < -0.3 is 9.64 Å². The largest absolute Gasteiger partial charge is 0.356 e. The van der Waals surface area contributed by atoms with Crippen LogP contribution in [0.3, 0.4) is 0 Å². The van der Waals surface area contributed by atoms with E-state index in [1.807, 2.05) is 0 Å². The minimum absolute atomic E-state index is 0.115. The molecular weight excluding hydrogens is 150 g/mol. The summed E-state index contributed by atoms with van der Waals surface area (Å²) in [4.78, 5) is 2.36. The lowest BCUT2D eigenvalue weighted by Gasteiger charge is -2.45. The lowest BCUT2D eigenvalue weighted by atomic mass is 10.1. The van der Waals surface area contributed by atoms with Crippen molar-refractivity contribution in [3.05, 3.63) is 12.3 Å². The molecule has 1 atom stereocenters. The Labute approximate surface area is 74.2 Å². The maximum absolute atomic E-state index is 5.71. The van der Waals surface area contributed by atoms with Crippen LogP contribution in [0.4, 0.5) is 0 Å². The Morgan fingerprint density at radius 1 is 1.50 bits per heavy atom. The highest BCUT2D eigenvalue weighted by Gasteiger charge is 2.41. The molecule has 2 nitrogen and oxygen atoms in total. The zero-order valence-electron chi connectivity index (χ0n) is 7.97. The van der Waals surface area contributed by atoms with E-state index in [4.69, 9.17) is 4.74 Å². The summed E-state index contributed by atoms with van der Waals surface area (Å²) in [5.41, 5.74) is 1.14. The molecule has 0 aromatic rings. The van der Waals surface area contributed by atoms with Crippen LogP contribution in [0.5, 0.6) is 0 Å². The topological polar surface area (TPSA) is 12.5 Å². The van der Waals surface area contributed by atoms with E-state index in [0.29, 0.717) is 6.04 Å². The van der Waals surface area contributed by atoms with Gasteiger partial charge in [-0.25, -0.2) is 0 Å². The Morgan fingerprint density at radius 2 is 2.25 bits per heavy atom. The second-order valence-electron chi connectivity index (χ2n) is 4.21. The third-order valence-electron chi connectivity index (χ3n) is 2.96. The van der Waals surface area contributed by atoms with Crippen molar-refractivity contribution in [1.82, 2.24) is 4.90 Å². The Balaban J connectivity index is 2.24. The van der Waals surface area contributed by atoms with E-state index in [-0.39, 0.29) is 5.72 Å². The molecule has 0 bridgehead atoms. The maximum atomic E-state index is 5.71. The van der Waals surface area contributed by atoms with Crippen LogP contribution in [-0.2, 0) is 4.74 Å². The highest BCUT2D eigenvalue weighted by molar-refractivity contribution is 5.08. The summed E-state index contributed by atoms with van der Waals surface area (Å²) in [6.07, 6.45) is 3.59. The van der Waals surface area contributed by atoms with Crippen molar-refractivity contribution in [3.63, 3.8) is 0 Å². The standard InChI is InChI=1S/C10H17NO/c1-8-4-5-9-6-7-12-10(2,3)11(8)9/h9H,1,4-7H2,2-3H3. The van der Waals surface area contributed by atoms with Gasteiger partial charge in [0.2, 0.25) is 0 Å². The van der Waals surface area contributed by atoms with Crippen molar-refractivity contribution in [2.24, 2.45) is 0 Å². The summed E-state index contributed by atoms with van der Waals surface area (Å²) in [5.74, 6) is 0. The maximum Gasteiger partial charge on any atom is 0.135 e. The van der Waals surface area contributed by atoms with Crippen LogP contribution in [-0.4, -0.2) is 23.3 Å². The van der Waals surface area contributed by atoms with Crippen LogP contribution in [0.25, 0.3) is 0 Å². The molecular formula is C10H17NO. The van der Waals surface area contributed by atoms with Gasteiger partial charge in [0.1, 0.15) is 5.72 Å². The van der Waals surface area contributed by atoms with Crippen molar-refractivity contribution in [3.8, 4) is 0 Å².